The minimum absolute atomic E-state index is 0.253. The maximum Gasteiger partial charge on any atom is 0.413 e. The highest BCUT2D eigenvalue weighted by atomic mass is 16.6. The van der Waals surface area contributed by atoms with Crippen molar-refractivity contribution >= 4 is 34.3 Å². The van der Waals surface area contributed by atoms with Gasteiger partial charge >= 0.3 is 6.09 Å². The summed E-state index contributed by atoms with van der Waals surface area (Å²) in [5.41, 5.74) is 2.57. The molecule has 0 spiro atoms. The summed E-state index contributed by atoms with van der Waals surface area (Å²) >= 11 is 0. The molecule has 0 bridgehead atoms. The number of ether oxygens (including phenoxy) is 2. The molecule has 7 nitrogen and oxygen atoms in total. The Morgan fingerprint density at radius 2 is 1.85 bits per heavy atom. The standard InChI is InChI=1S/C20H21N3O4/c1-4-27-20(25)23(2)15-8-6-14(7-9-15)21-19(24)18-11-13-5-10-16(26-3)12-17(13)22-18/h5-12,22H,4H2,1-3H3,(H,21,24). The molecule has 3 aromatic rings. The second-order valence-electron chi connectivity index (χ2n) is 5.90. The molecule has 140 valence electrons. The summed E-state index contributed by atoms with van der Waals surface area (Å²) in [7, 11) is 3.23. The van der Waals surface area contributed by atoms with Crippen LogP contribution in [0.25, 0.3) is 10.9 Å². The lowest BCUT2D eigenvalue weighted by Gasteiger charge is -2.16. The molecule has 0 saturated heterocycles. The predicted molar refractivity (Wildman–Crippen MR) is 105 cm³/mol. The van der Waals surface area contributed by atoms with Crippen LogP contribution in [0, 0.1) is 0 Å². The molecule has 7 heteroatoms. The van der Waals surface area contributed by atoms with E-state index in [2.05, 4.69) is 10.3 Å². The molecule has 3 rings (SSSR count). The van der Waals surface area contributed by atoms with Crippen LogP contribution >= 0.6 is 0 Å². The van der Waals surface area contributed by atoms with Crippen LogP contribution in [0.3, 0.4) is 0 Å². The third-order valence-corrected chi connectivity index (χ3v) is 4.13. The maximum absolute atomic E-state index is 12.5. The molecule has 2 aromatic carbocycles. The third-order valence-electron chi connectivity index (χ3n) is 4.13. The van der Waals surface area contributed by atoms with Crippen molar-refractivity contribution in [1.29, 1.82) is 0 Å². The van der Waals surface area contributed by atoms with Gasteiger partial charge < -0.3 is 19.8 Å². The number of H-pyrrole nitrogens is 1. The second-order valence-corrected chi connectivity index (χ2v) is 5.90. The smallest absolute Gasteiger partial charge is 0.413 e. The van der Waals surface area contributed by atoms with Gasteiger partial charge in [0.1, 0.15) is 11.4 Å². The first-order chi connectivity index (χ1) is 13.0. The van der Waals surface area contributed by atoms with Gasteiger partial charge in [-0.25, -0.2) is 4.79 Å². The van der Waals surface area contributed by atoms with Crippen LogP contribution in [-0.2, 0) is 4.74 Å². The van der Waals surface area contributed by atoms with Crippen molar-refractivity contribution in [2.24, 2.45) is 0 Å². The first kappa shape index (κ1) is 18.3. The monoisotopic (exact) mass is 367 g/mol. The molecular formula is C20H21N3O4. The second kappa shape index (κ2) is 7.82. The van der Waals surface area contributed by atoms with E-state index < -0.39 is 6.09 Å². The Morgan fingerprint density at radius 1 is 1.11 bits per heavy atom. The van der Waals surface area contributed by atoms with Crippen molar-refractivity contribution in [1.82, 2.24) is 4.98 Å². The highest BCUT2D eigenvalue weighted by Gasteiger charge is 2.13. The number of aromatic amines is 1. The number of rotatable bonds is 5. The number of anilines is 2. The predicted octanol–water partition coefficient (Wildman–Crippen LogP) is 4.02. The molecule has 2 amide bonds. The Balaban J connectivity index is 1.71. The summed E-state index contributed by atoms with van der Waals surface area (Å²) in [5.74, 6) is 0.467. The fourth-order valence-corrected chi connectivity index (χ4v) is 2.65. The molecule has 0 aliphatic rings. The Kier molecular flexibility index (Phi) is 5.30. The minimum Gasteiger partial charge on any atom is -0.497 e. The number of carbonyl (C=O) groups excluding carboxylic acids is 2. The Morgan fingerprint density at radius 3 is 2.52 bits per heavy atom. The number of carbonyl (C=O) groups is 2. The fourth-order valence-electron chi connectivity index (χ4n) is 2.65. The fraction of sp³-hybridized carbons (Fsp3) is 0.200. The lowest BCUT2D eigenvalue weighted by Crippen LogP contribution is -2.26. The van der Waals surface area contributed by atoms with Gasteiger partial charge in [0.05, 0.1) is 13.7 Å². The summed E-state index contributed by atoms with van der Waals surface area (Å²) in [5, 5.41) is 3.76. The van der Waals surface area contributed by atoms with E-state index in [1.165, 1.54) is 4.90 Å². The van der Waals surface area contributed by atoms with Crippen molar-refractivity contribution in [3.05, 3.63) is 54.2 Å². The molecule has 0 radical (unpaired) electrons. The molecule has 27 heavy (non-hydrogen) atoms. The highest BCUT2D eigenvalue weighted by Crippen LogP contribution is 2.22. The van der Waals surface area contributed by atoms with Gasteiger partial charge in [-0.15, -0.1) is 0 Å². The van der Waals surface area contributed by atoms with Crippen molar-refractivity contribution in [2.75, 3.05) is 31.0 Å². The van der Waals surface area contributed by atoms with Gasteiger partial charge in [0.2, 0.25) is 0 Å². The van der Waals surface area contributed by atoms with Crippen molar-refractivity contribution in [2.45, 2.75) is 6.92 Å². The van der Waals surface area contributed by atoms with Crippen LogP contribution in [-0.4, -0.2) is 37.7 Å². The number of nitrogens with one attached hydrogen (secondary N) is 2. The number of benzene rings is 2. The Labute approximate surface area is 156 Å². The highest BCUT2D eigenvalue weighted by molar-refractivity contribution is 6.06. The number of amides is 2. The lowest BCUT2D eigenvalue weighted by atomic mass is 10.2. The molecular weight excluding hydrogens is 346 g/mol. The van der Waals surface area contributed by atoms with Crippen molar-refractivity contribution in [3.63, 3.8) is 0 Å². The average molecular weight is 367 g/mol. The van der Waals surface area contributed by atoms with Crippen LogP contribution in [0.2, 0.25) is 0 Å². The van der Waals surface area contributed by atoms with E-state index in [9.17, 15) is 9.59 Å². The Bertz CT molecular complexity index is 963. The summed E-state index contributed by atoms with van der Waals surface area (Å²) < 4.78 is 10.2. The van der Waals surface area contributed by atoms with E-state index in [1.807, 2.05) is 18.2 Å². The summed E-state index contributed by atoms with van der Waals surface area (Å²) in [6, 6.07) is 14.3. The SMILES string of the molecule is CCOC(=O)N(C)c1ccc(NC(=O)c2cc3ccc(OC)cc3[nH]2)cc1. The number of methoxy groups -OCH3 is 1. The molecule has 0 aliphatic heterocycles. The molecule has 0 aliphatic carbocycles. The molecule has 0 unspecified atom stereocenters. The van der Waals surface area contributed by atoms with Gasteiger partial charge in [-0.2, -0.15) is 0 Å². The zero-order valence-corrected chi connectivity index (χ0v) is 15.4. The van der Waals surface area contributed by atoms with Gasteiger partial charge in [-0.3, -0.25) is 9.69 Å². The average Bonchev–Trinajstić information content (AvgIpc) is 3.11. The zero-order valence-electron chi connectivity index (χ0n) is 15.4. The number of aromatic nitrogens is 1. The largest absolute Gasteiger partial charge is 0.497 e. The van der Waals surface area contributed by atoms with Gasteiger partial charge in [-0.05, 0) is 49.4 Å². The van der Waals surface area contributed by atoms with Crippen LogP contribution in [0.5, 0.6) is 5.75 Å². The van der Waals surface area contributed by atoms with Crippen LogP contribution in [0.1, 0.15) is 17.4 Å². The van der Waals surface area contributed by atoms with E-state index in [4.69, 9.17) is 9.47 Å². The van der Waals surface area contributed by atoms with Gasteiger partial charge in [0.15, 0.2) is 0 Å². The number of hydrogen-bond donors (Lipinski definition) is 2. The lowest BCUT2D eigenvalue weighted by molar-refractivity contribution is 0.102. The number of fused-ring (bicyclic) bond motifs is 1. The van der Waals surface area contributed by atoms with Crippen LogP contribution < -0.4 is 15.0 Å². The summed E-state index contributed by atoms with van der Waals surface area (Å²) in [4.78, 5) is 28.7. The van der Waals surface area contributed by atoms with Crippen molar-refractivity contribution in [3.8, 4) is 5.75 Å². The topological polar surface area (TPSA) is 83.7 Å². The normalized spacial score (nSPS) is 10.5. The van der Waals surface area contributed by atoms with E-state index in [1.54, 1.807) is 51.4 Å². The van der Waals surface area contributed by atoms with E-state index in [0.29, 0.717) is 23.7 Å². The van der Waals surface area contributed by atoms with E-state index >= 15 is 0 Å². The quantitative estimate of drug-likeness (QED) is 0.713. The molecule has 0 fully saturated rings. The molecule has 2 N–H and O–H groups in total. The third kappa shape index (κ3) is 4.03. The molecule has 1 heterocycles. The van der Waals surface area contributed by atoms with E-state index in [0.717, 1.165) is 16.7 Å². The molecule has 0 atom stereocenters. The number of nitrogens with zero attached hydrogens (tertiary/aromatic N) is 1. The molecule has 0 saturated carbocycles. The Hall–Kier alpha value is -3.48. The zero-order chi connectivity index (χ0) is 19.4. The number of hydrogen-bond acceptors (Lipinski definition) is 4. The van der Waals surface area contributed by atoms with Gasteiger partial charge in [-0.1, -0.05) is 0 Å². The summed E-state index contributed by atoms with van der Waals surface area (Å²) in [6.07, 6.45) is -0.428. The molecule has 1 aromatic heterocycles. The minimum atomic E-state index is -0.428. The van der Waals surface area contributed by atoms with Crippen LogP contribution in [0.15, 0.2) is 48.5 Å². The van der Waals surface area contributed by atoms with Gasteiger partial charge in [0.25, 0.3) is 5.91 Å². The van der Waals surface area contributed by atoms with Gasteiger partial charge in [0, 0.05) is 35.4 Å². The summed E-state index contributed by atoms with van der Waals surface area (Å²) in [6.45, 7) is 2.07. The maximum atomic E-state index is 12.5. The van der Waals surface area contributed by atoms with Crippen LogP contribution in [0.4, 0.5) is 16.2 Å². The first-order valence-electron chi connectivity index (χ1n) is 8.50. The van der Waals surface area contributed by atoms with Crippen molar-refractivity contribution < 1.29 is 19.1 Å². The first-order valence-corrected chi connectivity index (χ1v) is 8.50. The van der Waals surface area contributed by atoms with E-state index in [-0.39, 0.29) is 5.91 Å².